The van der Waals surface area contributed by atoms with Crippen LogP contribution in [0.2, 0.25) is 0 Å². The van der Waals surface area contributed by atoms with E-state index in [4.69, 9.17) is 16.3 Å². The SMILES string of the molecule is CCOc1cccc2c1nc(CCl)n2C1CCS(=O)(=O)C1. The van der Waals surface area contributed by atoms with Gasteiger partial charge in [-0.15, -0.1) is 11.6 Å². The molecule has 0 saturated carbocycles. The fourth-order valence-electron chi connectivity index (χ4n) is 2.89. The second-order valence-electron chi connectivity index (χ2n) is 5.15. The molecular formula is C14H17ClN2O3S. The van der Waals surface area contributed by atoms with Crippen LogP contribution in [0.25, 0.3) is 11.0 Å². The number of para-hydroxylation sites is 1. The van der Waals surface area contributed by atoms with Crippen LogP contribution in [-0.2, 0) is 15.7 Å². The van der Waals surface area contributed by atoms with Crippen molar-refractivity contribution in [3.05, 3.63) is 24.0 Å². The maximum Gasteiger partial charge on any atom is 0.152 e. The highest BCUT2D eigenvalue weighted by Crippen LogP contribution is 2.33. The third-order valence-electron chi connectivity index (χ3n) is 3.75. The number of rotatable bonds is 4. The molecule has 1 saturated heterocycles. The molecule has 1 unspecified atom stereocenters. The quantitative estimate of drug-likeness (QED) is 0.809. The first-order chi connectivity index (χ1) is 10.1. The Morgan fingerprint density at radius 2 is 2.29 bits per heavy atom. The minimum absolute atomic E-state index is 0.0920. The van der Waals surface area contributed by atoms with Crippen molar-refractivity contribution in [2.45, 2.75) is 25.3 Å². The third kappa shape index (κ3) is 2.62. The molecule has 114 valence electrons. The highest BCUT2D eigenvalue weighted by Gasteiger charge is 2.31. The van der Waals surface area contributed by atoms with E-state index in [9.17, 15) is 8.42 Å². The summed E-state index contributed by atoms with van der Waals surface area (Å²) < 4.78 is 31.1. The van der Waals surface area contributed by atoms with Crippen LogP contribution in [0.3, 0.4) is 0 Å². The lowest BCUT2D eigenvalue weighted by Crippen LogP contribution is -2.13. The van der Waals surface area contributed by atoms with Gasteiger partial charge in [0.25, 0.3) is 0 Å². The van der Waals surface area contributed by atoms with Crippen LogP contribution in [0.5, 0.6) is 5.75 Å². The molecule has 5 nitrogen and oxygen atoms in total. The van der Waals surface area contributed by atoms with Gasteiger partial charge in [-0.05, 0) is 25.5 Å². The Labute approximate surface area is 128 Å². The number of imidazole rings is 1. The number of sulfone groups is 1. The lowest BCUT2D eigenvalue weighted by atomic mass is 10.2. The summed E-state index contributed by atoms with van der Waals surface area (Å²) in [7, 11) is -2.96. The Kier molecular flexibility index (Phi) is 3.84. The molecule has 7 heteroatoms. The molecule has 2 aromatic rings. The number of alkyl halides is 1. The summed E-state index contributed by atoms with van der Waals surface area (Å²) in [6.45, 7) is 2.47. The summed E-state index contributed by atoms with van der Waals surface area (Å²) >= 11 is 6.01. The van der Waals surface area contributed by atoms with Gasteiger partial charge in [-0.25, -0.2) is 13.4 Å². The topological polar surface area (TPSA) is 61.2 Å². The van der Waals surface area contributed by atoms with Crippen LogP contribution in [0.15, 0.2) is 18.2 Å². The largest absolute Gasteiger partial charge is 0.492 e. The van der Waals surface area contributed by atoms with Crippen molar-refractivity contribution < 1.29 is 13.2 Å². The minimum atomic E-state index is -2.96. The zero-order valence-electron chi connectivity index (χ0n) is 11.8. The number of benzene rings is 1. The van der Waals surface area contributed by atoms with Crippen molar-refractivity contribution >= 4 is 32.5 Å². The van der Waals surface area contributed by atoms with Crippen molar-refractivity contribution in [3.8, 4) is 5.75 Å². The van der Waals surface area contributed by atoms with E-state index < -0.39 is 9.84 Å². The Bertz CT molecular complexity index is 770. The Morgan fingerprint density at radius 3 is 2.90 bits per heavy atom. The molecule has 2 heterocycles. The number of ether oxygens (including phenoxy) is 1. The average Bonchev–Trinajstić information content (AvgIpc) is 2.99. The van der Waals surface area contributed by atoms with E-state index in [-0.39, 0.29) is 23.4 Å². The molecule has 1 aliphatic heterocycles. The highest BCUT2D eigenvalue weighted by molar-refractivity contribution is 7.91. The first-order valence-corrected chi connectivity index (χ1v) is 9.30. The molecule has 1 aliphatic rings. The second-order valence-corrected chi connectivity index (χ2v) is 7.64. The van der Waals surface area contributed by atoms with Crippen molar-refractivity contribution in [1.82, 2.24) is 9.55 Å². The normalized spacial score (nSPS) is 21.0. The number of hydrogen-bond donors (Lipinski definition) is 0. The van der Waals surface area contributed by atoms with Gasteiger partial charge in [0.05, 0.1) is 35.6 Å². The molecule has 1 aromatic carbocycles. The molecule has 1 atom stereocenters. The molecule has 1 fully saturated rings. The predicted octanol–water partition coefficient (Wildman–Crippen LogP) is 2.53. The molecule has 0 bridgehead atoms. The molecule has 21 heavy (non-hydrogen) atoms. The smallest absolute Gasteiger partial charge is 0.152 e. The summed E-state index contributed by atoms with van der Waals surface area (Å²) in [5.41, 5.74) is 1.64. The van der Waals surface area contributed by atoms with Crippen LogP contribution < -0.4 is 4.74 Å². The second kappa shape index (κ2) is 5.50. The molecule has 0 radical (unpaired) electrons. The van der Waals surface area contributed by atoms with Crippen LogP contribution in [0.4, 0.5) is 0 Å². The molecule has 0 spiro atoms. The van der Waals surface area contributed by atoms with Gasteiger partial charge < -0.3 is 9.30 Å². The van der Waals surface area contributed by atoms with Gasteiger partial charge in [0.1, 0.15) is 17.1 Å². The number of hydrogen-bond acceptors (Lipinski definition) is 4. The first kappa shape index (κ1) is 14.7. The number of fused-ring (bicyclic) bond motifs is 1. The van der Waals surface area contributed by atoms with Crippen molar-refractivity contribution in [1.29, 1.82) is 0 Å². The van der Waals surface area contributed by atoms with E-state index in [0.717, 1.165) is 11.0 Å². The van der Waals surface area contributed by atoms with Gasteiger partial charge >= 0.3 is 0 Å². The van der Waals surface area contributed by atoms with E-state index in [1.807, 2.05) is 29.7 Å². The summed E-state index contributed by atoms with van der Waals surface area (Å²) in [6, 6.07) is 5.61. The third-order valence-corrected chi connectivity index (χ3v) is 5.74. The van der Waals surface area contributed by atoms with E-state index in [1.54, 1.807) is 0 Å². The van der Waals surface area contributed by atoms with Gasteiger partial charge in [0.2, 0.25) is 0 Å². The summed E-state index contributed by atoms with van der Waals surface area (Å²) in [6.07, 6.45) is 0.608. The van der Waals surface area contributed by atoms with Crippen molar-refractivity contribution in [2.24, 2.45) is 0 Å². The molecule has 0 amide bonds. The molecule has 3 rings (SSSR count). The van der Waals surface area contributed by atoms with Gasteiger partial charge in [-0.2, -0.15) is 0 Å². The number of nitrogens with zero attached hydrogens (tertiary/aromatic N) is 2. The fourth-order valence-corrected chi connectivity index (χ4v) is 4.78. The number of aromatic nitrogens is 2. The Hall–Kier alpha value is -1.27. The maximum absolute atomic E-state index is 11.7. The number of halogens is 1. The fraction of sp³-hybridized carbons (Fsp3) is 0.500. The molecular weight excluding hydrogens is 312 g/mol. The van der Waals surface area contributed by atoms with Crippen molar-refractivity contribution in [2.75, 3.05) is 18.1 Å². The van der Waals surface area contributed by atoms with Crippen LogP contribution >= 0.6 is 11.6 Å². The van der Waals surface area contributed by atoms with E-state index in [0.29, 0.717) is 24.6 Å². The summed E-state index contributed by atoms with van der Waals surface area (Å²) in [5.74, 6) is 2.03. The molecule has 0 aliphatic carbocycles. The van der Waals surface area contributed by atoms with E-state index in [2.05, 4.69) is 4.98 Å². The van der Waals surface area contributed by atoms with Gasteiger partial charge in [0, 0.05) is 0 Å². The van der Waals surface area contributed by atoms with Gasteiger partial charge in [0.15, 0.2) is 9.84 Å². The lowest BCUT2D eigenvalue weighted by molar-refractivity contribution is 0.343. The van der Waals surface area contributed by atoms with Crippen LogP contribution in [-0.4, -0.2) is 36.1 Å². The zero-order valence-corrected chi connectivity index (χ0v) is 13.3. The van der Waals surface area contributed by atoms with Crippen LogP contribution in [0, 0.1) is 0 Å². The zero-order chi connectivity index (χ0) is 15.0. The van der Waals surface area contributed by atoms with E-state index >= 15 is 0 Å². The average molecular weight is 329 g/mol. The van der Waals surface area contributed by atoms with Gasteiger partial charge in [-0.3, -0.25) is 0 Å². The Balaban J connectivity index is 2.15. The first-order valence-electron chi connectivity index (χ1n) is 6.94. The lowest BCUT2D eigenvalue weighted by Gasteiger charge is -2.14. The summed E-state index contributed by atoms with van der Waals surface area (Å²) in [5, 5.41) is 0. The van der Waals surface area contributed by atoms with Crippen LogP contribution in [0.1, 0.15) is 25.2 Å². The standard InChI is InChI=1S/C14H17ClN2O3S/c1-2-20-12-5-3-4-11-14(12)16-13(8-15)17(11)10-6-7-21(18,19)9-10/h3-5,10H,2,6-9H2,1H3. The van der Waals surface area contributed by atoms with Crippen molar-refractivity contribution in [3.63, 3.8) is 0 Å². The Morgan fingerprint density at radius 1 is 1.48 bits per heavy atom. The molecule has 1 aromatic heterocycles. The minimum Gasteiger partial charge on any atom is -0.492 e. The van der Waals surface area contributed by atoms with Gasteiger partial charge in [-0.1, -0.05) is 6.07 Å². The van der Waals surface area contributed by atoms with E-state index in [1.165, 1.54) is 0 Å². The maximum atomic E-state index is 11.7. The molecule has 0 N–H and O–H groups in total. The summed E-state index contributed by atoms with van der Waals surface area (Å²) in [4.78, 5) is 4.55. The predicted molar refractivity (Wildman–Crippen MR) is 82.8 cm³/mol. The highest BCUT2D eigenvalue weighted by atomic mass is 35.5. The monoisotopic (exact) mass is 328 g/mol.